The molecule has 0 fully saturated rings. The molecule has 2 heterocycles. The number of hydrogen-bond acceptors (Lipinski definition) is 3. The molecule has 0 saturated heterocycles. The van der Waals surface area contributed by atoms with Crippen LogP contribution < -0.4 is 0 Å². The van der Waals surface area contributed by atoms with Gasteiger partial charge in [0.1, 0.15) is 16.7 Å². The van der Waals surface area contributed by atoms with E-state index in [-0.39, 0.29) is 5.15 Å². The zero-order valence-corrected chi connectivity index (χ0v) is 8.75. The summed E-state index contributed by atoms with van der Waals surface area (Å²) in [4.78, 5) is 22.0. The molecule has 0 aliphatic heterocycles. The van der Waals surface area contributed by atoms with Crippen LogP contribution in [0.3, 0.4) is 0 Å². The first-order valence-electron chi connectivity index (χ1n) is 4.35. The average molecular weight is 222 g/mol. The van der Waals surface area contributed by atoms with E-state index in [9.17, 15) is 4.79 Å². The smallest absolute Gasteiger partial charge is 0.155 e. The first kappa shape index (κ1) is 9.86. The third-order valence-corrected chi connectivity index (χ3v) is 2.27. The Hall–Kier alpha value is -1.68. The van der Waals surface area contributed by atoms with Gasteiger partial charge in [-0.3, -0.25) is 4.79 Å². The predicted octanol–water partition coefficient (Wildman–Crippen LogP) is 2.25. The van der Waals surface area contributed by atoms with Crippen LogP contribution in [0.15, 0.2) is 18.3 Å². The van der Waals surface area contributed by atoms with Gasteiger partial charge >= 0.3 is 0 Å². The zero-order valence-electron chi connectivity index (χ0n) is 7.99. The van der Waals surface area contributed by atoms with Crippen molar-refractivity contribution in [3.8, 4) is 11.4 Å². The molecule has 0 aromatic carbocycles. The van der Waals surface area contributed by atoms with Crippen molar-refractivity contribution >= 4 is 17.9 Å². The highest BCUT2D eigenvalue weighted by Crippen LogP contribution is 2.23. The van der Waals surface area contributed by atoms with Gasteiger partial charge in [-0.15, -0.1) is 0 Å². The molecule has 15 heavy (non-hydrogen) atoms. The van der Waals surface area contributed by atoms with Crippen LogP contribution in [0, 0.1) is 6.92 Å². The largest absolute Gasteiger partial charge is 0.360 e. The van der Waals surface area contributed by atoms with Crippen molar-refractivity contribution in [3.05, 3.63) is 34.9 Å². The molecule has 2 aromatic rings. The van der Waals surface area contributed by atoms with Gasteiger partial charge in [-0.2, -0.15) is 0 Å². The van der Waals surface area contributed by atoms with Crippen molar-refractivity contribution in [3.63, 3.8) is 0 Å². The maximum Gasteiger partial charge on any atom is 0.155 e. The first-order valence-corrected chi connectivity index (χ1v) is 4.73. The van der Waals surface area contributed by atoms with E-state index in [4.69, 9.17) is 11.6 Å². The van der Waals surface area contributed by atoms with Crippen molar-refractivity contribution in [2.24, 2.45) is 0 Å². The minimum Gasteiger partial charge on any atom is -0.360 e. The molecule has 2 aromatic heterocycles. The molecule has 0 atom stereocenters. The summed E-state index contributed by atoms with van der Waals surface area (Å²) >= 11 is 5.86. The van der Waals surface area contributed by atoms with Gasteiger partial charge in [0, 0.05) is 6.20 Å². The lowest BCUT2D eigenvalue weighted by atomic mass is 10.2. The van der Waals surface area contributed by atoms with E-state index in [1.165, 1.54) is 0 Å². The van der Waals surface area contributed by atoms with Crippen LogP contribution in [0.25, 0.3) is 11.4 Å². The van der Waals surface area contributed by atoms with Crippen LogP contribution >= 0.6 is 11.6 Å². The summed E-state index contributed by atoms with van der Waals surface area (Å²) in [6, 6.07) is 3.65. The van der Waals surface area contributed by atoms with Crippen molar-refractivity contribution in [2.45, 2.75) is 6.92 Å². The maximum atomic E-state index is 10.9. The number of rotatable bonds is 2. The SMILES string of the molecule is Cc1nc(Cl)c(C=O)c(-c2ccc[nH]2)n1. The van der Waals surface area contributed by atoms with Gasteiger partial charge in [0.05, 0.1) is 11.3 Å². The van der Waals surface area contributed by atoms with Gasteiger partial charge in [-0.1, -0.05) is 11.6 Å². The molecular formula is C10H8ClN3O. The number of hydrogen-bond donors (Lipinski definition) is 1. The van der Waals surface area contributed by atoms with Gasteiger partial charge in [-0.05, 0) is 19.1 Å². The van der Waals surface area contributed by atoms with E-state index in [2.05, 4.69) is 15.0 Å². The van der Waals surface area contributed by atoms with Crippen LogP contribution in [0.1, 0.15) is 16.2 Å². The number of H-pyrrole nitrogens is 1. The Morgan fingerprint density at radius 1 is 1.47 bits per heavy atom. The summed E-state index contributed by atoms with van der Waals surface area (Å²) in [5, 5.41) is 0.183. The van der Waals surface area contributed by atoms with E-state index in [0.29, 0.717) is 23.4 Å². The zero-order chi connectivity index (χ0) is 10.8. The Morgan fingerprint density at radius 2 is 2.27 bits per heavy atom. The second-order valence-electron chi connectivity index (χ2n) is 3.03. The quantitative estimate of drug-likeness (QED) is 0.625. The maximum absolute atomic E-state index is 10.9. The average Bonchev–Trinajstić information content (AvgIpc) is 2.69. The fraction of sp³-hybridized carbons (Fsp3) is 0.100. The highest BCUT2D eigenvalue weighted by molar-refractivity contribution is 6.32. The Kier molecular flexibility index (Phi) is 2.51. The molecule has 76 valence electrons. The molecule has 0 aliphatic rings. The summed E-state index contributed by atoms with van der Waals surface area (Å²) in [5.74, 6) is 0.537. The van der Waals surface area contributed by atoms with Gasteiger partial charge in [-0.25, -0.2) is 9.97 Å². The molecule has 1 N–H and O–H groups in total. The number of carbonyl (C=O) groups is 1. The van der Waals surface area contributed by atoms with Crippen LogP contribution in [0.4, 0.5) is 0 Å². The normalized spacial score (nSPS) is 10.3. The standard InChI is InChI=1S/C10H8ClN3O/c1-6-13-9(8-3-2-4-12-8)7(5-15)10(11)14-6/h2-5,12H,1H3. The molecule has 5 heteroatoms. The van der Waals surface area contributed by atoms with Crippen LogP contribution in [-0.2, 0) is 0 Å². The highest BCUT2D eigenvalue weighted by Gasteiger charge is 2.12. The summed E-state index contributed by atoms with van der Waals surface area (Å²) in [5.41, 5.74) is 1.60. The van der Waals surface area contributed by atoms with Crippen LogP contribution in [-0.4, -0.2) is 21.2 Å². The topological polar surface area (TPSA) is 58.6 Å². The number of aromatic amines is 1. The molecule has 0 radical (unpaired) electrons. The van der Waals surface area contributed by atoms with E-state index >= 15 is 0 Å². The minimum absolute atomic E-state index is 0.183. The van der Waals surface area contributed by atoms with Gasteiger partial charge in [0.2, 0.25) is 0 Å². The molecule has 0 bridgehead atoms. The third-order valence-electron chi connectivity index (χ3n) is 1.98. The van der Waals surface area contributed by atoms with E-state index in [0.717, 1.165) is 5.69 Å². The van der Waals surface area contributed by atoms with Crippen molar-refractivity contribution in [2.75, 3.05) is 0 Å². The number of aryl methyl sites for hydroxylation is 1. The van der Waals surface area contributed by atoms with Crippen LogP contribution in [0.2, 0.25) is 5.15 Å². The fourth-order valence-electron chi connectivity index (χ4n) is 1.33. The minimum atomic E-state index is 0.183. The fourth-order valence-corrected chi connectivity index (χ4v) is 1.59. The number of aromatic nitrogens is 3. The van der Waals surface area contributed by atoms with Crippen molar-refractivity contribution < 1.29 is 4.79 Å². The monoisotopic (exact) mass is 221 g/mol. The summed E-state index contributed by atoms with van der Waals surface area (Å²) in [6.45, 7) is 1.73. The molecule has 0 aliphatic carbocycles. The lowest BCUT2D eigenvalue weighted by Crippen LogP contribution is -1.99. The Labute approximate surface area is 91.3 Å². The molecular weight excluding hydrogens is 214 g/mol. The molecule has 0 amide bonds. The number of carbonyl (C=O) groups excluding carboxylic acids is 1. The molecule has 4 nitrogen and oxygen atoms in total. The van der Waals surface area contributed by atoms with Crippen molar-refractivity contribution in [1.29, 1.82) is 0 Å². The molecule has 0 unspecified atom stereocenters. The molecule has 0 saturated carbocycles. The second kappa shape index (κ2) is 3.82. The number of aldehydes is 1. The number of halogens is 1. The van der Waals surface area contributed by atoms with E-state index in [1.807, 2.05) is 12.1 Å². The van der Waals surface area contributed by atoms with Crippen LogP contribution in [0.5, 0.6) is 0 Å². The first-order chi connectivity index (χ1) is 7.22. The number of nitrogens with one attached hydrogen (secondary N) is 1. The molecule has 2 rings (SSSR count). The lowest BCUT2D eigenvalue weighted by Gasteiger charge is -2.04. The van der Waals surface area contributed by atoms with Gasteiger partial charge in [0.25, 0.3) is 0 Å². The second-order valence-corrected chi connectivity index (χ2v) is 3.38. The summed E-state index contributed by atoms with van der Waals surface area (Å²) < 4.78 is 0. The third kappa shape index (κ3) is 1.76. The predicted molar refractivity (Wildman–Crippen MR) is 57.0 cm³/mol. The van der Waals surface area contributed by atoms with E-state index in [1.54, 1.807) is 13.1 Å². The van der Waals surface area contributed by atoms with Crippen molar-refractivity contribution in [1.82, 2.24) is 15.0 Å². The molecule has 0 spiro atoms. The summed E-state index contributed by atoms with van der Waals surface area (Å²) in [6.07, 6.45) is 2.42. The Morgan fingerprint density at radius 3 is 2.87 bits per heavy atom. The Bertz CT molecular complexity index is 494. The van der Waals surface area contributed by atoms with Gasteiger partial charge < -0.3 is 4.98 Å². The van der Waals surface area contributed by atoms with Gasteiger partial charge in [0.15, 0.2) is 6.29 Å². The summed E-state index contributed by atoms with van der Waals surface area (Å²) in [7, 11) is 0. The highest BCUT2D eigenvalue weighted by atomic mass is 35.5. The van der Waals surface area contributed by atoms with E-state index < -0.39 is 0 Å². The Balaban J connectivity index is 2.69. The lowest BCUT2D eigenvalue weighted by molar-refractivity contribution is 0.112. The number of nitrogens with zero attached hydrogens (tertiary/aromatic N) is 2.